The van der Waals surface area contributed by atoms with E-state index in [1.807, 2.05) is 18.2 Å². The van der Waals surface area contributed by atoms with Gasteiger partial charge in [-0.2, -0.15) is 0 Å². The molecule has 6 nitrogen and oxygen atoms in total. The number of anilines is 1. The van der Waals surface area contributed by atoms with Gasteiger partial charge in [0.1, 0.15) is 13.2 Å². The summed E-state index contributed by atoms with van der Waals surface area (Å²) in [6.45, 7) is 8.11. The molecule has 1 saturated heterocycles. The number of hydrogen-bond donors (Lipinski definition) is 1. The largest absolute Gasteiger partial charge is 0.486 e. The highest BCUT2D eigenvalue weighted by molar-refractivity contribution is 5.78. The highest BCUT2D eigenvalue weighted by atomic mass is 16.6. The first-order valence-corrected chi connectivity index (χ1v) is 10.4. The van der Waals surface area contributed by atoms with Crippen LogP contribution in [0.4, 0.5) is 5.69 Å². The number of ether oxygens (including phenoxy) is 2. The normalized spacial score (nSPS) is 16.5. The highest BCUT2D eigenvalue weighted by Crippen LogP contribution is 2.30. The molecule has 1 amide bonds. The van der Waals surface area contributed by atoms with Crippen molar-refractivity contribution >= 4 is 11.6 Å². The third kappa shape index (κ3) is 5.21. The van der Waals surface area contributed by atoms with E-state index in [1.54, 1.807) is 0 Å². The smallest absolute Gasteiger partial charge is 0.234 e. The zero-order valence-electron chi connectivity index (χ0n) is 17.0. The molecule has 4 rings (SSSR count). The lowest BCUT2D eigenvalue weighted by molar-refractivity contribution is -0.122. The number of carbonyl (C=O) groups excluding carboxylic acids is 1. The molecule has 0 unspecified atom stereocenters. The van der Waals surface area contributed by atoms with E-state index in [2.05, 4.69) is 46.3 Å². The first-order valence-electron chi connectivity index (χ1n) is 10.4. The molecule has 2 aliphatic heterocycles. The number of piperazine rings is 1. The van der Waals surface area contributed by atoms with E-state index in [0.717, 1.165) is 49.7 Å². The molecular formula is C23H29N3O3. The lowest BCUT2D eigenvalue weighted by Gasteiger charge is -2.35. The fourth-order valence-corrected chi connectivity index (χ4v) is 3.84. The molecule has 1 fully saturated rings. The van der Waals surface area contributed by atoms with Crippen LogP contribution in [0.15, 0.2) is 42.5 Å². The van der Waals surface area contributed by atoms with Crippen LogP contribution in [0.5, 0.6) is 11.5 Å². The Labute approximate surface area is 172 Å². The number of nitrogens with one attached hydrogen (secondary N) is 1. The predicted molar refractivity (Wildman–Crippen MR) is 114 cm³/mol. The summed E-state index contributed by atoms with van der Waals surface area (Å²) in [6.07, 6.45) is 0.781. The van der Waals surface area contributed by atoms with Gasteiger partial charge in [0, 0.05) is 38.4 Å². The molecule has 154 valence electrons. The van der Waals surface area contributed by atoms with Crippen LogP contribution in [0.2, 0.25) is 0 Å². The Balaban J connectivity index is 1.18. The molecule has 0 saturated carbocycles. The summed E-state index contributed by atoms with van der Waals surface area (Å²) >= 11 is 0. The minimum absolute atomic E-state index is 0.0894. The minimum atomic E-state index is 0.0894. The number of amides is 1. The second kappa shape index (κ2) is 9.18. The average Bonchev–Trinajstić information content (AvgIpc) is 2.74. The summed E-state index contributed by atoms with van der Waals surface area (Å²) in [7, 11) is 0. The van der Waals surface area contributed by atoms with E-state index in [4.69, 9.17) is 9.47 Å². The third-order valence-electron chi connectivity index (χ3n) is 5.45. The molecule has 2 aromatic carbocycles. The van der Waals surface area contributed by atoms with Crippen LogP contribution in [-0.4, -0.2) is 63.3 Å². The Morgan fingerprint density at radius 1 is 1.00 bits per heavy atom. The van der Waals surface area contributed by atoms with Gasteiger partial charge in [-0.05, 0) is 48.7 Å². The van der Waals surface area contributed by atoms with Gasteiger partial charge in [0.2, 0.25) is 5.91 Å². The molecule has 0 spiro atoms. The lowest BCUT2D eigenvalue weighted by atomic mass is 10.1. The van der Waals surface area contributed by atoms with Crippen molar-refractivity contribution in [3.8, 4) is 11.5 Å². The van der Waals surface area contributed by atoms with E-state index in [9.17, 15) is 4.79 Å². The van der Waals surface area contributed by atoms with Crippen molar-refractivity contribution in [3.05, 3.63) is 53.6 Å². The van der Waals surface area contributed by atoms with Gasteiger partial charge < -0.3 is 19.7 Å². The first kappa shape index (κ1) is 19.6. The Morgan fingerprint density at radius 2 is 1.79 bits per heavy atom. The van der Waals surface area contributed by atoms with E-state index in [1.165, 1.54) is 11.3 Å². The summed E-state index contributed by atoms with van der Waals surface area (Å²) in [4.78, 5) is 16.9. The summed E-state index contributed by atoms with van der Waals surface area (Å²) in [6, 6.07) is 14.6. The van der Waals surface area contributed by atoms with E-state index >= 15 is 0 Å². The van der Waals surface area contributed by atoms with Gasteiger partial charge in [-0.1, -0.05) is 18.2 Å². The van der Waals surface area contributed by atoms with Crippen LogP contribution in [0.3, 0.4) is 0 Å². The Hall–Kier alpha value is -2.73. The van der Waals surface area contributed by atoms with Crippen molar-refractivity contribution in [2.75, 3.05) is 57.4 Å². The molecule has 6 heteroatoms. The fourth-order valence-electron chi connectivity index (χ4n) is 3.84. The molecule has 1 N–H and O–H groups in total. The van der Waals surface area contributed by atoms with Crippen molar-refractivity contribution in [1.29, 1.82) is 0 Å². The van der Waals surface area contributed by atoms with Gasteiger partial charge in [-0.15, -0.1) is 0 Å². The number of fused-ring (bicyclic) bond motifs is 1. The van der Waals surface area contributed by atoms with Gasteiger partial charge in [0.05, 0.1) is 6.54 Å². The molecule has 2 heterocycles. The average molecular weight is 396 g/mol. The van der Waals surface area contributed by atoms with Gasteiger partial charge >= 0.3 is 0 Å². The number of carbonyl (C=O) groups is 1. The van der Waals surface area contributed by atoms with Crippen LogP contribution in [0, 0.1) is 6.92 Å². The van der Waals surface area contributed by atoms with Crippen molar-refractivity contribution < 1.29 is 14.3 Å². The first-order chi connectivity index (χ1) is 14.2. The molecule has 0 atom stereocenters. The van der Waals surface area contributed by atoms with Crippen LogP contribution < -0.4 is 19.7 Å². The van der Waals surface area contributed by atoms with Gasteiger partial charge in [-0.25, -0.2) is 0 Å². The number of rotatable bonds is 6. The van der Waals surface area contributed by atoms with Crippen molar-refractivity contribution in [1.82, 2.24) is 10.2 Å². The van der Waals surface area contributed by atoms with Crippen LogP contribution >= 0.6 is 0 Å². The maximum atomic E-state index is 12.3. The topological polar surface area (TPSA) is 54.0 Å². The second-order valence-electron chi connectivity index (χ2n) is 7.68. The van der Waals surface area contributed by atoms with Crippen LogP contribution in [-0.2, 0) is 11.2 Å². The van der Waals surface area contributed by atoms with Crippen molar-refractivity contribution in [2.45, 2.75) is 13.3 Å². The quantitative estimate of drug-likeness (QED) is 0.813. The van der Waals surface area contributed by atoms with Gasteiger partial charge in [-0.3, -0.25) is 9.69 Å². The van der Waals surface area contributed by atoms with Crippen LogP contribution in [0.1, 0.15) is 11.1 Å². The Kier molecular flexibility index (Phi) is 6.20. The molecule has 0 radical (unpaired) electrons. The standard InChI is InChI=1S/C23H29N3O3/c1-18-3-2-4-20(15-18)26-11-9-25(10-12-26)17-23(27)24-8-7-19-5-6-21-22(16-19)29-14-13-28-21/h2-6,15-16H,7-14,17H2,1H3,(H,24,27). The third-order valence-corrected chi connectivity index (χ3v) is 5.45. The maximum Gasteiger partial charge on any atom is 0.234 e. The highest BCUT2D eigenvalue weighted by Gasteiger charge is 2.19. The molecule has 2 aromatic rings. The zero-order chi connectivity index (χ0) is 20.1. The number of benzene rings is 2. The summed E-state index contributed by atoms with van der Waals surface area (Å²) in [5.74, 6) is 1.69. The second-order valence-corrected chi connectivity index (χ2v) is 7.68. The molecule has 0 aromatic heterocycles. The fraction of sp³-hybridized carbons (Fsp3) is 0.435. The van der Waals surface area contributed by atoms with Gasteiger partial charge in [0.15, 0.2) is 11.5 Å². The zero-order valence-corrected chi connectivity index (χ0v) is 17.0. The van der Waals surface area contributed by atoms with Crippen molar-refractivity contribution in [3.63, 3.8) is 0 Å². The molecule has 0 aliphatic carbocycles. The SMILES string of the molecule is Cc1cccc(N2CCN(CC(=O)NCCc3ccc4c(c3)OCCO4)CC2)c1. The molecule has 29 heavy (non-hydrogen) atoms. The van der Waals surface area contributed by atoms with E-state index < -0.39 is 0 Å². The summed E-state index contributed by atoms with van der Waals surface area (Å²) in [5.41, 5.74) is 3.69. The van der Waals surface area contributed by atoms with Crippen molar-refractivity contribution in [2.24, 2.45) is 0 Å². The minimum Gasteiger partial charge on any atom is -0.486 e. The molecule has 2 aliphatic rings. The van der Waals surface area contributed by atoms with E-state index in [0.29, 0.717) is 26.3 Å². The van der Waals surface area contributed by atoms with E-state index in [-0.39, 0.29) is 5.91 Å². The molecular weight excluding hydrogens is 366 g/mol. The Morgan fingerprint density at radius 3 is 2.59 bits per heavy atom. The lowest BCUT2D eigenvalue weighted by Crippen LogP contribution is -2.49. The maximum absolute atomic E-state index is 12.3. The number of aryl methyl sites for hydroxylation is 1. The predicted octanol–water partition coefficient (Wildman–Crippen LogP) is 2.25. The number of hydrogen-bond acceptors (Lipinski definition) is 5. The van der Waals surface area contributed by atoms with Crippen LogP contribution in [0.25, 0.3) is 0 Å². The molecule has 0 bridgehead atoms. The monoisotopic (exact) mass is 395 g/mol. The summed E-state index contributed by atoms with van der Waals surface area (Å²) in [5, 5.41) is 3.04. The van der Waals surface area contributed by atoms with Gasteiger partial charge in [0.25, 0.3) is 0 Å². The summed E-state index contributed by atoms with van der Waals surface area (Å²) < 4.78 is 11.2. The Bertz CT molecular complexity index is 847. The number of nitrogens with zero attached hydrogens (tertiary/aromatic N) is 2.